The normalized spacial score (nSPS) is 11.2. The molecule has 0 unspecified atom stereocenters. The quantitative estimate of drug-likeness (QED) is 0.270. The molecule has 0 aliphatic carbocycles. The van der Waals surface area contributed by atoms with Crippen LogP contribution in [0.1, 0.15) is 27.2 Å². The average Bonchev–Trinajstić information content (AvgIpc) is 3.16. The van der Waals surface area contributed by atoms with Crippen molar-refractivity contribution in [2.75, 3.05) is 0 Å². The Hall–Kier alpha value is -4.26. The zero-order chi connectivity index (χ0) is 22.0. The number of carbonyl (C=O) groups is 1. The van der Waals surface area contributed by atoms with E-state index >= 15 is 0 Å². The summed E-state index contributed by atoms with van der Waals surface area (Å²) < 4.78 is 0. The van der Waals surface area contributed by atoms with Crippen LogP contribution in [-0.2, 0) is 0 Å². The van der Waals surface area contributed by atoms with Gasteiger partial charge in [-0.3, -0.25) is 14.9 Å². The average molecular weight is 412 g/mol. The zero-order valence-electron chi connectivity index (χ0n) is 17.0. The molecule has 0 atom stereocenters. The van der Waals surface area contributed by atoms with Gasteiger partial charge in [0.2, 0.25) is 0 Å². The highest BCUT2D eigenvalue weighted by atomic mass is 16.6. The first kappa shape index (κ1) is 20.0. The first-order chi connectivity index (χ1) is 14.9. The topological polar surface area (TPSA) is 100 Å². The van der Waals surface area contributed by atoms with Crippen molar-refractivity contribution in [2.45, 2.75) is 13.8 Å². The molecule has 7 heteroatoms. The second-order valence-electron chi connectivity index (χ2n) is 7.27. The maximum atomic E-state index is 12.9. The Morgan fingerprint density at radius 3 is 2.48 bits per heavy atom. The summed E-state index contributed by atoms with van der Waals surface area (Å²) in [5.74, 6) is -0.373. The van der Waals surface area contributed by atoms with Crippen molar-refractivity contribution < 1.29 is 9.72 Å². The number of nitrogens with one attached hydrogen (secondary N) is 2. The number of carbonyl (C=O) groups excluding carboxylic acids is 1. The number of aromatic nitrogens is 1. The van der Waals surface area contributed by atoms with Crippen LogP contribution in [-0.4, -0.2) is 22.0 Å². The molecule has 4 rings (SSSR count). The van der Waals surface area contributed by atoms with Crippen molar-refractivity contribution in [3.8, 4) is 11.1 Å². The zero-order valence-corrected chi connectivity index (χ0v) is 17.0. The second-order valence-corrected chi connectivity index (χ2v) is 7.27. The van der Waals surface area contributed by atoms with Crippen LogP contribution in [0.4, 0.5) is 5.69 Å². The summed E-state index contributed by atoms with van der Waals surface area (Å²) in [4.78, 5) is 26.4. The van der Waals surface area contributed by atoms with Crippen molar-refractivity contribution in [3.05, 3.63) is 99.2 Å². The largest absolute Gasteiger partial charge is 0.350 e. The fourth-order valence-corrected chi connectivity index (χ4v) is 3.41. The van der Waals surface area contributed by atoms with E-state index in [4.69, 9.17) is 0 Å². The SMILES string of the molecule is Cc1ccc(-c2c(C(=O)N/N=C\c3ccc([N+](=O)[O-])cc3)[nH]c3ccccc23)cc1C. The molecule has 1 amide bonds. The highest BCUT2D eigenvalue weighted by Crippen LogP contribution is 2.33. The van der Waals surface area contributed by atoms with Crippen LogP contribution in [0.5, 0.6) is 0 Å². The highest BCUT2D eigenvalue weighted by Gasteiger charge is 2.19. The van der Waals surface area contributed by atoms with Gasteiger partial charge >= 0.3 is 0 Å². The van der Waals surface area contributed by atoms with Gasteiger partial charge in [-0.05, 0) is 54.3 Å². The number of non-ortho nitro benzene ring substituents is 1. The molecule has 0 radical (unpaired) electrons. The number of aromatic amines is 1. The minimum atomic E-state index is -0.465. The Labute approximate surface area is 178 Å². The van der Waals surface area contributed by atoms with Gasteiger partial charge in [0.15, 0.2) is 0 Å². The molecule has 1 aromatic heterocycles. The summed E-state index contributed by atoms with van der Waals surface area (Å²) in [7, 11) is 0. The molecule has 0 fully saturated rings. The van der Waals surface area contributed by atoms with Gasteiger partial charge in [-0.15, -0.1) is 0 Å². The molecular formula is C24H20N4O3. The number of rotatable bonds is 5. The summed E-state index contributed by atoms with van der Waals surface area (Å²) >= 11 is 0. The summed E-state index contributed by atoms with van der Waals surface area (Å²) in [6.07, 6.45) is 1.44. The number of hydrogen-bond donors (Lipinski definition) is 2. The minimum absolute atomic E-state index is 0.00251. The predicted molar refractivity (Wildman–Crippen MR) is 121 cm³/mol. The maximum absolute atomic E-state index is 12.9. The molecule has 0 bridgehead atoms. The van der Waals surface area contributed by atoms with Gasteiger partial charge < -0.3 is 4.98 Å². The number of nitrogens with zero attached hydrogens (tertiary/aromatic N) is 2. The smallest absolute Gasteiger partial charge is 0.288 e. The van der Waals surface area contributed by atoms with E-state index < -0.39 is 4.92 Å². The molecule has 0 spiro atoms. The molecule has 0 aliphatic rings. The van der Waals surface area contributed by atoms with Gasteiger partial charge in [0.1, 0.15) is 5.69 Å². The molecule has 4 aromatic rings. The van der Waals surface area contributed by atoms with Gasteiger partial charge in [0.25, 0.3) is 11.6 Å². The molecular weight excluding hydrogens is 392 g/mol. The van der Waals surface area contributed by atoms with Crippen molar-refractivity contribution in [1.82, 2.24) is 10.4 Å². The predicted octanol–water partition coefficient (Wildman–Crippen LogP) is 5.12. The third kappa shape index (κ3) is 4.06. The number of hydrogen-bond acceptors (Lipinski definition) is 4. The Morgan fingerprint density at radius 2 is 1.77 bits per heavy atom. The third-order valence-electron chi connectivity index (χ3n) is 5.21. The molecule has 1 heterocycles. The number of para-hydroxylation sites is 1. The monoisotopic (exact) mass is 412 g/mol. The minimum Gasteiger partial charge on any atom is -0.350 e. The van der Waals surface area contributed by atoms with Gasteiger partial charge in [-0.2, -0.15) is 5.10 Å². The van der Waals surface area contributed by atoms with E-state index in [2.05, 4.69) is 28.5 Å². The van der Waals surface area contributed by atoms with Crippen LogP contribution in [0.25, 0.3) is 22.0 Å². The lowest BCUT2D eigenvalue weighted by Gasteiger charge is -2.07. The number of hydrazone groups is 1. The number of nitro benzene ring substituents is 1. The lowest BCUT2D eigenvalue weighted by Crippen LogP contribution is -2.18. The summed E-state index contributed by atoms with van der Waals surface area (Å²) in [5.41, 5.74) is 8.56. The number of nitro groups is 1. The lowest BCUT2D eigenvalue weighted by molar-refractivity contribution is -0.384. The number of aryl methyl sites for hydroxylation is 2. The van der Waals surface area contributed by atoms with Gasteiger partial charge in [-0.25, -0.2) is 5.43 Å². The third-order valence-corrected chi connectivity index (χ3v) is 5.21. The standard InChI is InChI=1S/C24H20N4O3/c1-15-7-10-18(13-16(15)2)22-20-5-3-4-6-21(20)26-23(22)24(29)27-25-14-17-8-11-19(12-9-17)28(30)31/h3-14,26H,1-2H3,(H,27,29)/b25-14-. The Morgan fingerprint density at radius 1 is 1.03 bits per heavy atom. The molecule has 3 aromatic carbocycles. The molecule has 0 aliphatic heterocycles. The summed E-state index contributed by atoms with van der Waals surface area (Å²) in [6, 6.07) is 19.8. The van der Waals surface area contributed by atoms with Crippen molar-refractivity contribution >= 4 is 28.7 Å². The van der Waals surface area contributed by atoms with E-state index in [1.807, 2.05) is 43.3 Å². The van der Waals surface area contributed by atoms with Crippen LogP contribution < -0.4 is 5.43 Å². The number of H-pyrrole nitrogens is 1. The van der Waals surface area contributed by atoms with Gasteiger partial charge in [-0.1, -0.05) is 36.4 Å². The number of benzene rings is 3. The van der Waals surface area contributed by atoms with E-state index in [1.165, 1.54) is 23.9 Å². The molecule has 154 valence electrons. The number of fused-ring (bicyclic) bond motifs is 1. The first-order valence-corrected chi connectivity index (χ1v) is 9.70. The van der Waals surface area contributed by atoms with Crippen LogP contribution in [0.2, 0.25) is 0 Å². The van der Waals surface area contributed by atoms with Crippen LogP contribution in [0.3, 0.4) is 0 Å². The van der Waals surface area contributed by atoms with Crippen LogP contribution in [0.15, 0.2) is 71.8 Å². The number of amides is 1. The summed E-state index contributed by atoms with van der Waals surface area (Å²) in [6.45, 7) is 4.09. The molecule has 7 nitrogen and oxygen atoms in total. The second kappa shape index (κ2) is 8.23. The van der Waals surface area contributed by atoms with Gasteiger partial charge in [0, 0.05) is 28.6 Å². The van der Waals surface area contributed by atoms with Crippen LogP contribution in [0, 0.1) is 24.0 Å². The fraction of sp³-hybridized carbons (Fsp3) is 0.0833. The van der Waals surface area contributed by atoms with Gasteiger partial charge in [0.05, 0.1) is 11.1 Å². The van der Waals surface area contributed by atoms with Crippen molar-refractivity contribution in [3.63, 3.8) is 0 Å². The van der Waals surface area contributed by atoms with E-state index in [0.717, 1.165) is 27.6 Å². The fourth-order valence-electron chi connectivity index (χ4n) is 3.41. The Kier molecular flexibility index (Phi) is 5.32. The highest BCUT2D eigenvalue weighted by molar-refractivity contribution is 6.09. The van der Waals surface area contributed by atoms with Crippen molar-refractivity contribution in [1.29, 1.82) is 0 Å². The Balaban J connectivity index is 1.64. The van der Waals surface area contributed by atoms with Crippen molar-refractivity contribution in [2.24, 2.45) is 5.10 Å². The van der Waals surface area contributed by atoms with E-state index in [1.54, 1.807) is 12.1 Å². The maximum Gasteiger partial charge on any atom is 0.288 e. The van der Waals surface area contributed by atoms with E-state index in [-0.39, 0.29) is 11.6 Å². The van der Waals surface area contributed by atoms with Crippen LogP contribution >= 0.6 is 0 Å². The molecule has 2 N–H and O–H groups in total. The van der Waals surface area contributed by atoms with E-state index in [9.17, 15) is 14.9 Å². The molecule has 0 saturated heterocycles. The summed E-state index contributed by atoms with van der Waals surface area (Å²) in [5, 5.41) is 15.7. The lowest BCUT2D eigenvalue weighted by atomic mass is 9.98. The Bertz CT molecular complexity index is 1320. The molecule has 31 heavy (non-hydrogen) atoms. The first-order valence-electron chi connectivity index (χ1n) is 9.70. The van der Waals surface area contributed by atoms with E-state index in [0.29, 0.717) is 11.3 Å². The molecule has 0 saturated carbocycles.